The average molecular weight is 311 g/mol. The number of carbonyl (C=O) groups excluding carboxylic acids is 1. The molecule has 120 valence electrons. The molecule has 4 heteroatoms. The van der Waals surface area contributed by atoms with Gasteiger partial charge in [0.25, 0.3) is 5.91 Å². The van der Waals surface area contributed by atoms with Gasteiger partial charge in [-0.25, -0.2) is 0 Å². The van der Waals surface area contributed by atoms with Gasteiger partial charge in [0.1, 0.15) is 18.1 Å². The number of benzene rings is 2. The van der Waals surface area contributed by atoms with Crippen molar-refractivity contribution in [3.63, 3.8) is 0 Å². The van der Waals surface area contributed by atoms with Crippen LogP contribution in [0.15, 0.2) is 61.2 Å². The van der Waals surface area contributed by atoms with Crippen LogP contribution in [0.1, 0.15) is 24.2 Å². The summed E-state index contributed by atoms with van der Waals surface area (Å²) in [5, 5.41) is 2.87. The third kappa shape index (κ3) is 4.88. The fourth-order valence-electron chi connectivity index (χ4n) is 1.98. The molecule has 0 aliphatic rings. The van der Waals surface area contributed by atoms with Gasteiger partial charge >= 0.3 is 0 Å². The maximum atomic E-state index is 12.4. The molecule has 0 radical (unpaired) electrons. The number of hydrogen-bond acceptors (Lipinski definition) is 3. The van der Waals surface area contributed by atoms with E-state index < -0.39 is 0 Å². The molecule has 1 amide bonds. The zero-order valence-corrected chi connectivity index (χ0v) is 13.4. The first kappa shape index (κ1) is 16.6. The van der Waals surface area contributed by atoms with Crippen LogP contribution in [0.25, 0.3) is 0 Å². The van der Waals surface area contributed by atoms with Crippen molar-refractivity contribution >= 4 is 11.6 Å². The number of ether oxygens (including phenoxy) is 2. The topological polar surface area (TPSA) is 47.6 Å². The van der Waals surface area contributed by atoms with E-state index in [0.29, 0.717) is 29.4 Å². The van der Waals surface area contributed by atoms with Crippen molar-refractivity contribution in [1.29, 1.82) is 0 Å². The van der Waals surface area contributed by atoms with Crippen molar-refractivity contribution in [2.45, 2.75) is 20.0 Å². The van der Waals surface area contributed by atoms with E-state index in [1.807, 2.05) is 38.1 Å². The standard InChI is InChI=1S/C19H21NO3/c1-4-13-22-16-11-9-15(10-12-16)19(21)20-17-7-5-6-8-18(17)23-14(2)3/h4-12,14H,1,13H2,2-3H3,(H,20,21). The second-order valence-electron chi connectivity index (χ2n) is 5.24. The number of anilines is 1. The highest BCUT2D eigenvalue weighted by Crippen LogP contribution is 2.25. The van der Waals surface area contributed by atoms with E-state index in [9.17, 15) is 4.79 Å². The normalized spacial score (nSPS) is 10.2. The molecule has 2 rings (SSSR count). The molecule has 0 fully saturated rings. The van der Waals surface area contributed by atoms with E-state index >= 15 is 0 Å². The summed E-state index contributed by atoms with van der Waals surface area (Å²) in [6.45, 7) is 7.92. The molecule has 0 bridgehead atoms. The number of para-hydroxylation sites is 2. The molecule has 0 saturated heterocycles. The van der Waals surface area contributed by atoms with Crippen LogP contribution in [0.3, 0.4) is 0 Å². The molecule has 23 heavy (non-hydrogen) atoms. The largest absolute Gasteiger partial charge is 0.490 e. The summed E-state index contributed by atoms with van der Waals surface area (Å²) < 4.78 is 11.1. The minimum Gasteiger partial charge on any atom is -0.490 e. The Kier molecular flexibility index (Phi) is 5.80. The zero-order chi connectivity index (χ0) is 16.7. The molecule has 4 nitrogen and oxygen atoms in total. The Hall–Kier alpha value is -2.75. The lowest BCUT2D eigenvalue weighted by Crippen LogP contribution is -2.14. The molecule has 0 heterocycles. The summed E-state index contributed by atoms with van der Waals surface area (Å²) in [4.78, 5) is 12.4. The maximum Gasteiger partial charge on any atom is 0.255 e. The van der Waals surface area contributed by atoms with Gasteiger partial charge in [-0.2, -0.15) is 0 Å². The SMILES string of the molecule is C=CCOc1ccc(C(=O)Nc2ccccc2OC(C)C)cc1. The Balaban J connectivity index is 2.08. The Morgan fingerprint density at radius 1 is 1.17 bits per heavy atom. The van der Waals surface area contributed by atoms with E-state index in [0.717, 1.165) is 0 Å². The van der Waals surface area contributed by atoms with E-state index in [1.54, 1.807) is 30.3 Å². The predicted molar refractivity (Wildman–Crippen MR) is 92.3 cm³/mol. The highest BCUT2D eigenvalue weighted by molar-refractivity contribution is 6.05. The van der Waals surface area contributed by atoms with Crippen LogP contribution in [0.5, 0.6) is 11.5 Å². The van der Waals surface area contributed by atoms with Crippen LogP contribution < -0.4 is 14.8 Å². The van der Waals surface area contributed by atoms with Crippen molar-refractivity contribution in [3.8, 4) is 11.5 Å². The molecular formula is C19H21NO3. The quantitative estimate of drug-likeness (QED) is 0.776. The lowest BCUT2D eigenvalue weighted by atomic mass is 10.2. The number of amides is 1. The van der Waals surface area contributed by atoms with Crippen LogP contribution in [0.4, 0.5) is 5.69 Å². The smallest absolute Gasteiger partial charge is 0.255 e. The number of nitrogens with one attached hydrogen (secondary N) is 1. The molecule has 0 unspecified atom stereocenters. The van der Waals surface area contributed by atoms with Gasteiger partial charge in [0.05, 0.1) is 11.8 Å². The van der Waals surface area contributed by atoms with E-state index in [4.69, 9.17) is 9.47 Å². The third-order valence-electron chi connectivity index (χ3n) is 2.98. The number of carbonyl (C=O) groups is 1. The molecule has 0 aliphatic heterocycles. The summed E-state index contributed by atoms with van der Waals surface area (Å²) in [6, 6.07) is 14.3. The molecule has 1 N–H and O–H groups in total. The minimum atomic E-state index is -0.194. The first-order chi connectivity index (χ1) is 11.1. The number of hydrogen-bond donors (Lipinski definition) is 1. The van der Waals surface area contributed by atoms with Crippen molar-refractivity contribution in [3.05, 3.63) is 66.7 Å². The molecule has 0 atom stereocenters. The fourth-order valence-corrected chi connectivity index (χ4v) is 1.98. The van der Waals surface area contributed by atoms with Gasteiger partial charge in [-0.05, 0) is 50.2 Å². The Morgan fingerprint density at radius 3 is 2.52 bits per heavy atom. The summed E-state index contributed by atoms with van der Waals surface area (Å²) in [6.07, 6.45) is 1.71. The van der Waals surface area contributed by atoms with Crippen LogP contribution in [-0.4, -0.2) is 18.6 Å². The highest BCUT2D eigenvalue weighted by atomic mass is 16.5. The van der Waals surface area contributed by atoms with Crippen LogP contribution in [-0.2, 0) is 0 Å². The van der Waals surface area contributed by atoms with Crippen LogP contribution in [0, 0.1) is 0 Å². The third-order valence-corrected chi connectivity index (χ3v) is 2.98. The predicted octanol–water partition coefficient (Wildman–Crippen LogP) is 4.29. The van der Waals surface area contributed by atoms with Gasteiger partial charge in [0.2, 0.25) is 0 Å². The molecule has 0 aliphatic carbocycles. The van der Waals surface area contributed by atoms with Gasteiger partial charge in [-0.15, -0.1) is 0 Å². The molecule has 2 aromatic rings. The molecule has 0 spiro atoms. The highest BCUT2D eigenvalue weighted by Gasteiger charge is 2.10. The molecule has 0 saturated carbocycles. The van der Waals surface area contributed by atoms with Gasteiger partial charge in [0.15, 0.2) is 0 Å². The van der Waals surface area contributed by atoms with Crippen molar-refractivity contribution in [1.82, 2.24) is 0 Å². The second kappa shape index (κ2) is 8.03. The van der Waals surface area contributed by atoms with Crippen LogP contribution >= 0.6 is 0 Å². The van der Waals surface area contributed by atoms with Gasteiger partial charge < -0.3 is 14.8 Å². The van der Waals surface area contributed by atoms with Gasteiger partial charge in [-0.1, -0.05) is 24.8 Å². The van der Waals surface area contributed by atoms with Crippen molar-refractivity contribution < 1.29 is 14.3 Å². The van der Waals surface area contributed by atoms with E-state index in [1.165, 1.54) is 0 Å². The fraction of sp³-hybridized carbons (Fsp3) is 0.211. The van der Waals surface area contributed by atoms with Crippen LogP contribution in [0.2, 0.25) is 0 Å². The first-order valence-corrected chi connectivity index (χ1v) is 7.51. The summed E-state index contributed by atoms with van der Waals surface area (Å²) in [5.74, 6) is 1.16. The molecule has 0 aromatic heterocycles. The maximum absolute atomic E-state index is 12.4. The summed E-state index contributed by atoms with van der Waals surface area (Å²) in [7, 11) is 0. The minimum absolute atomic E-state index is 0.0364. The van der Waals surface area contributed by atoms with E-state index in [-0.39, 0.29) is 12.0 Å². The summed E-state index contributed by atoms with van der Waals surface area (Å²) >= 11 is 0. The Morgan fingerprint density at radius 2 is 1.87 bits per heavy atom. The Labute approximate surface area is 136 Å². The van der Waals surface area contributed by atoms with Gasteiger partial charge in [0, 0.05) is 5.56 Å². The second-order valence-corrected chi connectivity index (χ2v) is 5.24. The monoisotopic (exact) mass is 311 g/mol. The summed E-state index contributed by atoms with van der Waals surface area (Å²) in [5.41, 5.74) is 1.20. The lowest BCUT2D eigenvalue weighted by molar-refractivity contribution is 0.102. The van der Waals surface area contributed by atoms with Crippen molar-refractivity contribution in [2.24, 2.45) is 0 Å². The Bertz CT molecular complexity index is 663. The lowest BCUT2D eigenvalue weighted by Gasteiger charge is -2.14. The molecule has 2 aromatic carbocycles. The van der Waals surface area contributed by atoms with Crippen molar-refractivity contribution in [2.75, 3.05) is 11.9 Å². The average Bonchev–Trinajstić information content (AvgIpc) is 2.54. The van der Waals surface area contributed by atoms with E-state index in [2.05, 4.69) is 11.9 Å². The number of rotatable bonds is 7. The van der Waals surface area contributed by atoms with Gasteiger partial charge in [-0.3, -0.25) is 4.79 Å². The zero-order valence-electron chi connectivity index (χ0n) is 13.4. The molecular weight excluding hydrogens is 290 g/mol. The first-order valence-electron chi connectivity index (χ1n) is 7.51.